The average molecular weight is 384 g/mol. The average Bonchev–Trinajstić information content (AvgIpc) is 2.60. The van der Waals surface area contributed by atoms with Gasteiger partial charge in [-0.2, -0.15) is 5.26 Å². The van der Waals surface area contributed by atoms with E-state index in [0.717, 1.165) is 0 Å². The Morgan fingerprint density at radius 3 is 2.46 bits per heavy atom. The maximum atomic E-state index is 13.3. The first kappa shape index (κ1) is 21.2. The Labute approximate surface area is 162 Å². The van der Waals surface area contributed by atoms with E-state index in [0.29, 0.717) is 33.6 Å². The standard InChI is InChI=1S/C21H21FN2O4/c1-12-18(8-7-16(25)9-17(26)10-20(27)28)21(19(11-23)13(2)24-12)14-3-5-15(22)6-4-14/h3-8,16-17,25-26H,9-10H2,1-2H3,(H,27,28)/t16-,17?/m1/s1. The summed E-state index contributed by atoms with van der Waals surface area (Å²) in [6.45, 7) is 3.47. The lowest BCUT2D eigenvalue weighted by Gasteiger charge is -2.15. The number of aromatic nitrogens is 1. The second-order valence-electron chi connectivity index (χ2n) is 6.48. The molecule has 0 saturated heterocycles. The van der Waals surface area contributed by atoms with Crippen molar-refractivity contribution in [2.45, 2.75) is 38.9 Å². The highest BCUT2D eigenvalue weighted by atomic mass is 19.1. The van der Waals surface area contributed by atoms with E-state index in [-0.39, 0.29) is 6.42 Å². The number of aliphatic hydroxyl groups excluding tert-OH is 2. The summed E-state index contributed by atoms with van der Waals surface area (Å²) in [4.78, 5) is 15.0. The molecule has 7 heteroatoms. The molecule has 0 aliphatic rings. The molecule has 2 aromatic rings. The lowest BCUT2D eigenvalue weighted by atomic mass is 9.92. The molecule has 146 valence electrons. The normalized spacial score (nSPS) is 13.3. The number of nitriles is 1. The van der Waals surface area contributed by atoms with E-state index < -0.39 is 30.4 Å². The smallest absolute Gasteiger partial charge is 0.305 e. The lowest BCUT2D eigenvalue weighted by Crippen LogP contribution is -2.19. The van der Waals surface area contributed by atoms with Crippen molar-refractivity contribution in [2.75, 3.05) is 0 Å². The van der Waals surface area contributed by atoms with Crippen LogP contribution in [0.2, 0.25) is 0 Å². The van der Waals surface area contributed by atoms with Crippen LogP contribution in [0.4, 0.5) is 4.39 Å². The Morgan fingerprint density at radius 1 is 1.25 bits per heavy atom. The molecule has 0 saturated carbocycles. The van der Waals surface area contributed by atoms with Gasteiger partial charge in [-0.15, -0.1) is 0 Å². The van der Waals surface area contributed by atoms with Gasteiger partial charge in [-0.25, -0.2) is 4.39 Å². The van der Waals surface area contributed by atoms with Crippen molar-refractivity contribution in [3.8, 4) is 17.2 Å². The Bertz CT molecular complexity index is 933. The molecule has 0 aliphatic heterocycles. The number of aliphatic carboxylic acids is 1. The minimum Gasteiger partial charge on any atom is -0.481 e. The number of aliphatic hydroxyl groups is 2. The number of halogens is 1. The number of nitrogens with zero attached hydrogens (tertiary/aromatic N) is 2. The summed E-state index contributed by atoms with van der Waals surface area (Å²) in [5, 5.41) is 38.0. The van der Waals surface area contributed by atoms with Gasteiger partial charge in [0.1, 0.15) is 11.9 Å². The van der Waals surface area contributed by atoms with E-state index in [9.17, 15) is 24.7 Å². The Hall–Kier alpha value is -3.08. The summed E-state index contributed by atoms with van der Waals surface area (Å²) >= 11 is 0. The van der Waals surface area contributed by atoms with Gasteiger partial charge in [-0.1, -0.05) is 24.3 Å². The Balaban J connectivity index is 2.45. The molecule has 0 bridgehead atoms. The van der Waals surface area contributed by atoms with Gasteiger partial charge in [-0.3, -0.25) is 9.78 Å². The zero-order valence-electron chi connectivity index (χ0n) is 15.6. The first-order valence-corrected chi connectivity index (χ1v) is 8.66. The monoisotopic (exact) mass is 384 g/mol. The zero-order chi connectivity index (χ0) is 20.8. The summed E-state index contributed by atoms with van der Waals surface area (Å²) in [6, 6.07) is 7.85. The summed E-state index contributed by atoms with van der Waals surface area (Å²) in [7, 11) is 0. The molecule has 1 aromatic heterocycles. The topological polar surface area (TPSA) is 114 Å². The molecule has 1 unspecified atom stereocenters. The van der Waals surface area contributed by atoms with E-state index in [1.165, 1.54) is 18.2 Å². The fourth-order valence-electron chi connectivity index (χ4n) is 2.97. The van der Waals surface area contributed by atoms with Crippen LogP contribution in [0.5, 0.6) is 0 Å². The van der Waals surface area contributed by atoms with Crippen molar-refractivity contribution < 1.29 is 24.5 Å². The number of carboxylic acid groups (broad SMARTS) is 1. The second kappa shape index (κ2) is 9.22. The molecule has 2 rings (SSSR count). The molecule has 0 fully saturated rings. The van der Waals surface area contributed by atoms with Crippen molar-refractivity contribution >= 4 is 12.0 Å². The van der Waals surface area contributed by atoms with Crippen LogP contribution in [0, 0.1) is 31.0 Å². The third-order valence-corrected chi connectivity index (χ3v) is 4.26. The molecule has 3 N–H and O–H groups in total. The Kier molecular flexibility index (Phi) is 6.99. The maximum Gasteiger partial charge on any atom is 0.305 e. The van der Waals surface area contributed by atoms with E-state index in [4.69, 9.17) is 5.11 Å². The molecule has 2 atom stereocenters. The molecule has 0 spiro atoms. The number of aryl methyl sites for hydroxylation is 2. The van der Waals surface area contributed by atoms with E-state index in [1.54, 1.807) is 32.1 Å². The number of hydrogen-bond donors (Lipinski definition) is 3. The number of carbonyl (C=O) groups is 1. The maximum absolute atomic E-state index is 13.3. The van der Waals surface area contributed by atoms with Crippen molar-refractivity contribution in [1.82, 2.24) is 4.98 Å². The van der Waals surface area contributed by atoms with Crippen molar-refractivity contribution in [3.05, 3.63) is 58.7 Å². The largest absolute Gasteiger partial charge is 0.481 e. The van der Waals surface area contributed by atoms with Crippen LogP contribution in [0.25, 0.3) is 17.2 Å². The molecule has 1 heterocycles. The second-order valence-corrected chi connectivity index (χ2v) is 6.48. The van der Waals surface area contributed by atoms with E-state index in [2.05, 4.69) is 11.1 Å². The van der Waals surface area contributed by atoms with Gasteiger partial charge in [0, 0.05) is 23.2 Å². The first-order chi connectivity index (χ1) is 13.2. The number of hydrogen-bond acceptors (Lipinski definition) is 5. The summed E-state index contributed by atoms with van der Waals surface area (Å²) in [6.07, 6.45) is 0.133. The highest BCUT2D eigenvalue weighted by Crippen LogP contribution is 2.32. The molecule has 6 nitrogen and oxygen atoms in total. The van der Waals surface area contributed by atoms with Gasteiger partial charge >= 0.3 is 5.97 Å². The number of carboxylic acids is 1. The minimum atomic E-state index is -1.18. The third kappa shape index (κ3) is 5.22. The fraction of sp³-hybridized carbons (Fsp3) is 0.286. The minimum absolute atomic E-state index is 0.141. The SMILES string of the molecule is Cc1nc(C)c(C=C[C@@H](O)CC(O)CC(=O)O)c(-c2ccc(F)cc2)c1C#N. The fourth-order valence-corrected chi connectivity index (χ4v) is 2.97. The van der Waals surface area contributed by atoms with Crippen LogP contribution in [-0.2, 0) is 4.79 Å². The van der Waals surface area contributed by atoms with Crippen LogP contribution in [0.1, 0.15) is 35.4 Å². The molecular formula is C21H21FN2O4. The molecule has 0 amide bonds. The lowest BCUT2D eigenvalue weighted by molar-refractivity contribution is -0.139. The van der Waals surface area contributed by atoms with Gasteiger partial charge < -0.3 is 15.3 Å². The van der Waals surface area contributed by atoms with Crippen LogP contribution in [0.3, 0.4) is 0 Å². The quantitative estimate of drug-likeness (QED) is 0.676. The predicted octanol–water partition coefficient (Wildman–Crippen LogP) is 2.98. The number of benzene rings is 1. The first-order valence-electron chi connectivity index (χ1n) is 8.66. The third-order valence-electron chi connectivity index (χ3n) is 4.26. The zero-order valence-corrected chi connectivity index (χ0v) is 15.6. The van der Waals surface area contributed by atoms with Crippen LogP contribution < -0.4 is 0 Å². The summed E-state index contributed by atoms with van der Waals surface area (Å²) < 4.78 is 13.3. The molecule has 1 aromatic carbocycles. The van der Waals surface area contributed by atoms with Gasteiger partial charge in [0.2, 0.25) is 0 Å². The van der Waals surface area contributed by atoms with Crippen molar-refractivity contribution in [2.24, 2.45) is 0 Å². The van der Waals surface area contributed by atoms with E-state index >= 15 is 0 Å². The Morgan fingerprint density at radius 2 is 1.89 bits per heavy atom. The van der Waals surface area contributed by atoms with Crippen LogP contribution in [0.15, 0.2) is 30.3 Å². The van der Waals surface area contributed by atoms with Crippen molar-refractivity contribution in [3.63, 3.8) is 0 Å². The van der Waals surface area contributed by atoms with Crippen molar-refractivity contribution in [1.29, 1.82) is 5.26 Å². The van der Waals surface area contributed by atoms with Gasteiger partial charge in [0.05, 0.1) is 29.9 Å². The van der Waals surface area contributed by atoms with Crippen LogP contribution in [-0.4, -0.2) is 38.5 Å². The van der Waals surface area contributed by atoms with Crippen LogP contribution >= 0.6 is 0 Å². The molecule has 0 aliphatic carbocycles. The highest BCUT2D eigenvalue weighted by Gasteiger charge is 2.17. The van der Waals surface area contributed by atoms with Gasteiger partial charge in [0.15, 0.2) is 0 Å². The summed E-state index contributed by atoms with van der Waals surface area (Å²) in [5.41, 5.74) is 3.28. The summed E-state index contributed by atoms with van der Waals surface area (Å²) in [5.74, 6) is -1.55. The molecular weight excluding hydrogens is 363 g/mol. The van der Waals surface area contributed by atoms with Gasteiger partial charge in [0.25, 0.3) is 0 Å². The molecule has 0 radical (unpaired) electrons. The van der Waals surface area contributed by atoms with E-state index in [1.807, 2.05) is 0 Å². The number of rotatable bonds is 7. The number of pyridine rings is 1. The highest BCUT2D eigenvalue weighted by molar-refractivity contribution is 5.82. The predicted molar refractivity (Wildman–Crippen MR) is 102 cm³/mol. The molecule has 28 heavy (non-hydrogen) atoms. The van der Waals surface area contributed by atoms with Gasteiger partial charge in [-0.05, 0) is 31.5 Å².